The lowest BCUT2D eigenvalue weighted by molar-refractivity contribution is -0.145. The van der Waals surface area contributed by atoms with Crippen molar-refractivity contribution >= 4 is 47.4 Å². The van der Waals surface area contributed by atoms with Crippen LogP contribution in [0.4, 0.5) is 0 Å². The van der Waals surface area contributed by atoms with Gasteiger partial charge in [-0.3, -0.25) is 19.2 Å². The number of β-amino-alcohol motifs (C(OH)–C–C–N with tert-alkyl or cyclic N) is 1. The number of amides is 4. The molecule has 1 saturated heterocycles. The number of hydrogen-bond donors (Lipinski definition) is 5. The predicted molar refractivity (Wildman–Crippen MR) is 216 cm³/mol. The normalized spacial score (nSPS) is 21.1. The molecule has 5 atom stereocenters. The molecule has 0 bridgehead atoms. The van der Waals surface area contributed by atoms with E-state index in [-0.39, 0.29) is 80.0 Å². The number of aliphatic hydroxyl groups is 1. The Labute approximate surface area is 334 Å². The Bertz CT molecular complexity index is 1760. The molecular weight excluding hydrogens is 740 g/mol. The third kappa shape index (κ3) is 11.8. The number of aromatic nitrogens is 1. The van der Waals surface area contributed by atoms with Crippen molar-refractivity contribution in [1.29, 1.82) is 0 Å². The van der Waals surface area contributed by atoms with Crippen molar-refractivity contribution in [1.82, 2.24) is 20.5 Å². The number of benzene rings is 2. The van der Waals surface area contributed by atoms with Gasteiger partial charge in [-0.05, 0) is 73.1 Å². The molecule has 1 saturated carbocycles. The van der Waals surface area contributed by atoms with Crippen molar-refractivity contribution < 1.29 is 29.0 Å². The summed E-state index contributed by atoms with van der Waals surface area (Å²) >= 11 is 1.58. The van der Waals surface area contributed by atoms with Gasteiger partial charge in [0, 0.05) is 37.9 Å². The fourth-order valence-electron chi connectivity index (χ4n) is 7.16. The maximum absolute atomic E-state index is 14.1. The number of carbonyl (C=O) groups is 4. The molecule has 2 heterocycles. The highest BCUT2D eigenvalue weighted by Gasteiger charge is 2.45. The highest BCUT2D eigenvalue weighted by atomic mass is 35.5. The summed E-state index contributed by atoms with van der Waals surface area (Å²) in [5.74, 6) is -1.07. The van der Waals surface area contributed by atoms with Crippen LogP contribution in [0.25, 0.3) is 10.4 Å². The second-order valence-electron chi connectivity index (χ2n) is 16.1. The van der Waals surface area contributed by atoms with Gasteiger partial charge in [0.25, 0.3) is 0 Å². The fraction of sp³-hybridized carbons (Fsp3) is 0.537. The number of primary amides is 1. The van der Waals surface area contributed by atoms with Gasteiger partial charge in [0.15, 0.2) is 0 Å². The molecule has 0 radical (unpaired) electrons. The van der Waals surface area contributed by atoms with Crippen molar-refractivity contribution in [2.75, 3.05) is 6.54 Å². The third-order valence-electron chi connectivity index (χ3n) is 10.7. The van der Waals surface area contributed by atoms with Crippen LogP contribution >= 0.6 is 23.7 Å². The first-order valence-electron chi connectivity index (χ1n) is 18.9. The molecule has 1 aromatic heterocycles. The molecular formula is C41H57ClN6O6S. The van der Waals surface area contributed by atoms with Crippen LogP contribution in [-0.4, -0.2) is 75.5 Å². The van der Waals surface area contributed by atoms with E-state index in [9.17, 15) is 24.3 Å². The van der Waals surface area contributed by atoms with Crippen LogP contribution in [0.15, 0.2) is 54.0 Å². The molecule has 2 aliphatic rings. The van der Waals surface area contributed by atoms with E-state index in [1.165, 1.54) is 10.5 Å². The van der Waals surface area contributed by atoms with Gasteiger partial charge in [0.1, 0.15) is 12.1 Å². The molecule has 1 aliphatic carbocycles. The van der Waals surface area contributed by atoms with E-state index in [0.29, 0.717) is 18.9 Å². The maximum atomic E-state index is 14.1. The number of aryl methyl sites for hydroxylation is 1. The van der Waals surface area contributed by atoms with Gasteiger partial charge in [-0.15, -0.1) is 23.7 Å². The van der Waals surface area contributed by atoms with Crippen LogP contribution in [0.2, 0.25) is 0 Å². The third-order valence-corrected chi connectivity index (χ3v) is 11.7. The van der Waals surface area contributed by atoms with E-state index >= 15 is 0 Å². The van der Waals surface area contributed by atoms with Crippen LogP contribution in [0.1, 0.15) is 82.2 Å². The lowest BCUT2D eigenvalue weighted by atomic mass is 9.71. The first kappa shape index (κ1) is 43.8. The summed E-state index contributed by atoms with van der Waals surface area (Å²) in [4.78, 5) is 58.9. The van der Waals surface area contributed by atoms with Crippen LogP contribution in [0, 0.1) is 24.2 Å². The lowest BCUT2D eigenvalue weighted by Gasteiger charge is -2.39. The number of ether oxygens (including phenoxy) is 1. The average molecular weight is 797 g/mol. The minimum absolute atomic E-state index is 0. The maximum Gasteiger partial charge on any atom is 0.246 e. The van der Waals surface area contributed by atoms with Crippen LogP contribution in [-0.2, 0) is 43.5 Å². The highest BCUT2D eigenvalue weighted by Crippen LogP contribution is 2.37. The molecule has 4 amide bonds. The molecule has 14 heteroatoms. The number of nitrogens with one attached hydrogen (secondary N) is 2. The van der Waals surface area contributed by atoms with Crippen LogP contribution < -0.4 is 22.1 Å². The summed E-state index contributed by atoms with van der Waals surface area (Å²) in [6, 6.07) is 14.2. The number of hydrogen-bond acceptors (Lipinski definition) is 9. The minimum Gasteiger partial charge on any atom is -0.391 e. The number of nitrogens with two attached hydrogens (primary N) is 2. The summed E-state index contributed by atoms with van der Waals surface area (Å²) in [5, 5.41) is 16.6. The minimum atomic E-state index is -0.859. The largest absolute Gasteiger partial charge is 0.391 e. The SMILES string of the molecule is Cc1ncsc1-c1ccc(CNC(=O)[C@@H]2C[C@@H](O)CN2C(=O)[C@@H](NC(=O)C2CC(Cc3ccc(CO[C@H](C)[C@@H](N)CCC(N)=O)cc3)C2)C(C)(C)C)cc1.Cl. The van der Waals surface area contributed by atoms with E-state index in [0.717, 1.165) is 46.5 Å². The molecule has 0 unspecified atom stereocenters. The molecule has 300 valence electrons. The zero-order chi connectivity index (χ0) is 39.2. The van der Waals surface area contributed by atoms with E-state index < -0.39 is 23.6 Å². The Morgan fingerprint density at radius 1 is 1.00 bits per heavy atom. The van der Waals surface area contributed by atoms with Gasteiger partial charge in [0.2, 0.25) is 23.6 Å². The highest BCUT2D eigenvalue weighted by molar-refractivity contribution is 7.13. The van der Waals surface area contributed by atoms with E-state index in [1.54, 1.807) is 11.3 Å². The topological polar surface area (TPSA) is 190 Å². The number of likely N-dealkylation sites (tertiary alicyclic amines) is 1. The Morgan fingerprint density at radius 3 is 2.24 bits per heavy atom. The van der Waals surface area contributed by atoms with Gasteiger partial charge >= 0.3 is 0 Å². The molecule has 5 rings (SSSR count). The van der Waals surface area contributed by atoms with E-state index in [1.807, 2.05) is 76.5 Å². The summed E-state index contributed by atoms with van der Waals surface area (Å²) in [7, 11) is 0. The van der Waals surface area contributed by atoms with Crippen molar-refractivity contribution in [3.63, 3.8) is 0 Å². The zero-order valence-corrected chi connectivity index (χ0v) is 34.1. The molecule has 7 N–H and O–H groups in total. The van der Waals surface area contributed by atoms with E-state index in [4.69, 9.17) is 16.2 Å². The summed E-state index contributed by atoms with van der Waals surface area (Å²) in [5.41, 5.74) is 17.7. The van der Waals surface area contributed by atoms with Crippen molar-refractivity contribution in [3.8, 4) is 10.4 Å². The number of aliphatic hydroxyl groups excluding tert-OH is 1. The Balaban J connectivity index is 0.00000673. The second kappa shape index (κ2) is 19.3. The van der Waals surface area contributed by atoms with Gasteiger partial charge < -0.3 is 36.8 Å². The number of halogens is 1. The molecule has 12 nitrogen and oxygen atoms in total. The Morgan fingerprint density at radius 2 is 1.64 bits per heavy atom. The molecule has 2 fully saturated rings. The fourth-order valence-corrected chi connectivity index (χ4v) is 7.97. The number of carbonyl (C=O) groups excluding carboxylic acids is 4. The first-order valence-corrected chi connectivity index (χ1v) is 19.8. The van der Waals surface area contributed by atoms with Crippen molar-refractivity contribution in [2.24, 2.45) is 28.7 Å². The van der Waals surface area contributed by atoms with Crippen molar-refractivity contribution in [2.45, 2.75) is 117 Å². The number of thiazole rings is 1. The zero-order valence-electron chi connectivity index (χ0n) is 32.5. The summed E-state index contributed by atoms with van der Waals surface area (Å²) < 4.78 is 5.90. The van der Waals surface area contributed by atoms with E-state index in [2.05, 4.69) is 27.8 Å². The predicted octanol–water partition coefficient (Wildman–Crippen LogP) is 4.42. The molecule has 3 aromatic rings. The number of rotatable bonds is 16. The monoisotopic (exact) mass is 796 g/mol. The van der Waals surface area contributed by atoms with Crippen molar-refractivity contribution in [3.05, 3.63) is 76.4 Å². The van der Waals surface area contributed by atoms with Gasteiger partial charge in [-0.1, -0.05) is 69.3 Å². The van der Waals surface area contributed by atoms with Crippen LogP contribution in [0.3, 0.4) is 0 Å². The standard InChI is InChI=1S/C41H56N6O6S.ClH/c1-24-36(54-23-45-24)30-12-10-27(11-13-30)20-44-39(51)34-19-32(48)21-47(34)40(52)37(41(3,4)5)46-38(50)31-17-29(18-31)16-26-6-8-28(9-7-26)22-53-25(2)33(42)14-15-35(43)49;/h6-13,23,25,29,31-34,37,48H,14-22,42H2,1-5H3,(H2,43,49)(H,44,51)(H,46,50);1H/t25-,29?,31?,32-,33+,34+,37-;/m1./s1. The summed E-state index contributed by atoms with van der Waals surface area (Å²) in [6.07, 6.45) is 2.10. The lowest BCUT2D eigenvalue weighted by Crippen LogP contribution is -2.59. The molecule has 0 spiro atoms. The van der Waals surface area contributed by atoms with Crippen LogP contribution in [0.5, 0.6) is 0 Å². The Hall–Kier alpha value is -3.88. The van der Waals surface area contributed by atoms with Gasteiger partial charge in [0.05, 0.1) is 34.9 Å². The smallest absolute Gasteiger partial charge is 0.246 e. The number of nitrogens with zero attached hydrogens (tertiary/aromatic N) is 2. The molecule has 2 aromatic carbocycles. The van der Waals surface area contributed by atoms with Gasteiger partial charge in [-0.2, -0.15) is 0 Å². The quantitative estimate of drug-likeness (QED) is 0.141. The molecule has 1 aliphatic heterocycles. The summed E-state index contributed by atoms with van der Waals surface area (Å²) in [6.45, 7) is 10.3. The first-order chi connectivity index (χ1) is 25.6. The molecule has 55 heavy (non-hydrogen) atoms. The average Bonchev–Trinajstić information content (AvgIpc) is 3.73. The second-order valence-corrected chi connectivity index (χ2v) is 17.0. The Kier molecular flexibility index (Phi) is 15.4. The van der Waals surface area contributed by atoms with Gasteiger partial charge in [-0.25, -0.2) is 4.98 Å².